The number of rotatable bonds is 9. The molecule has 0 atom stereocenters. The maximum absolute atomic E-state index is 5.79. The van der Waals surface area contributed by atoms with Gasteiger partial charge in [-0.15, -0.1) is 13.2 Å². The van der Waals surface area contributed by atoms with E-state index in [1.54, 1.807) is 0 Å². The minimum Gasteiger partial charge on any atom is -0.490 e. The van der Waals surface area contributed by atoms with Crippen molar-refractivity contribution in [1.82, 2.24) is 5.32 Å². The van der Waals surface area contributed by atoms with Crippen LogP contribution in [0.3, 0.4) is 0 Å². The van der Waals surface area contributed by atoms with Gasteiger partial charge in [-0.1, -0.05) is 12.1 Å². The summed E-state index contributed by atoms with van der Waals surface area (Å²) in [6, 6.07) is 7.78. The first-order valence-corrected chi connectivity index (χ1v) is 7.82. The summed E-state index contributed by atoms with van der Waals surface area (Å²) in [6.07, 6.45) is 1.82. The molecule has 130 valence electrons. The van der Waals surface area contributed by atoms with E-state index < -0.39 is 0 Å². The van der Waals surface area contributed by atoms with Crippen LogP contribution in [0.2, 0.25) is 0 Å². The quantitative estimate of drug-likeness (QED) is 0.537. The minimum absolute atomic E-state index is 0. The predicted molar refractivity (Wildman–Crippen MR) is 99.0 cm³/mol. The fourth-order valence-corrected chi connectivity index (χ4v) is 1.67. The van der Waals surface area contributed by atoms with E-state index in [4.69, 9.17) is 15.2 Å². The van der Waals surface area contributed by atoms with Crippen LogP contribution >= 0.6 is 0 Å². The van der Waals surface area contributed by atoms with Crippen LogP contribution in [0, 0.1) is 0 Å². The van der Waals surface area contributed by atoms with Crippen LogP contribution in [0.5, 0.6) is 11.5 Å². The molecule has 0 amide bonds. The molecule has 0 aliphatic heterocycles. The summed E-state index contributed by atoms with van der Waals surface area (Å²) in [7, 11) is 0. The molecule has 4 nitrogen and oxygen atoms in total. The summed E-state index contributed by atoms with van der Waals surface area (Å²) in [5.74, 6) is 1.60. The third kappa shape index (κ3) is 10.2. The van der Waals surface area contributed by atoms with E-state index in [1.807, 2.05) is 24.3 Å². The lowest BCUT2D eigenvalue weighted by molar-refractivity contribution is 0.260. The van der Waals surface area contributed by atoms with Crippen molar-refractivity contribution < 1.29 is 12.3 Å². The average Bonchev–Trinajstić information content (AvgIpc) is 2.49. The monoisotopic (exact) mass is 312 g/mol. The van der Waals surface area contributed by atoms with Gasteiger partial charge in [-0.05, 0) is 58.8 Å². The summed E-state index contributed by atoms with van der Waals surface area (Å²) in [5, 5.41) is 3.44. The second-order valence-corrected chi connectivity index (χ2v) is 5.82. The van der Waals surface area contributed by atoms with E-state index in [0.717, 1.165) is 30.9 Å². The van der Waals surface area contributed by atoms with Crippen LogP contribution in [0.1, 0.15) is 36.5 Å². The Morgan fingerprint density at radius 1 is 1.05 bits per heavy atom. The molecule has 4 heteroatoms. The van der Waals surface area contributed by atoms with Crippen molar-refractivity contribution in [3.8, 4) is 11.5 Å². The number of para-hydroxylation sites is 2. The van der Waals surface area contributed by atoms with Gasteiger partial charge in [0.15, 0.2) is 11.5 Å². The zero-order chi connectivity index (χ0) is 16.8. The summed E-state index contributed by atoms with van der Waals surface area (Å²) in [5.41, 5.74) is 5.62. The first-order valence-electron chi connectivity index (χ1n) is 7.82. The molecule has 0 aliphatic carbocycles. The van der Waals surface area contributed by atoms with Gasteiger partial charge in [-0.3, -0.25) is 0 Å². The molecule has 0 saturated heterocycles. The van der Waals surface area contributed by atoms with E-state index in [2.05, 4.69) is 39.2 Å². The van der Waals surface area contributed by atoms with Crippen molar-refractivity contribution in [3.05, 3.63) is 37.4 Å². The number of hydrogen-bond acceptors (Lipinski definition) is 4. The van der Waals surface area contributed by atoms with Crippen molar-refractivity contribution in [3.63, 3.8) is 0 Å². The highest BCUT2D eigenvalue weighted by Gasteiger charge is 2.08. The van der Waals surface area contributed by atoms with Crippen LogP contribution in [0.4, 0.5) is 0 Å². The molecule has 0 saturated carbocycles. The van der Waals surface area contributed by atoms with E-state index in [1.165, 1.54) is 0 Å². The second-order valence-electron chi connectivity index (χ2n) is 5.82. The zero-order valence-electron chi connectivity index (χ0n) is 14.4. The Kier molecular flexibility index (Phi) is 11.2. The molecule has 0 aliphatic rings. The van der Waals surface area contributed by atoms with Crippen molar-refractivity contribution >= 4 is 0 Å². The normalized spacial score (nSPS) is 10.5. The summed E-state index contributed by atoms with van der Waals surface area (Å²) >= 11 is 0. The second kappa shape index (κ2) is 12.1. The third-order valence-corrected chi connectivity index (χ3v) is 2.69. The van der Waals surface area contributed by atoms with Gasteiger partial charge < -0.3 is 20.5 Å². The van der Waals surface area contributed by atoms with Crippen LogP contribution in [0.25, 0.3) is 0 Å². The molecule has 0 heterocycles. The topological polar surface area (TPSA) is 56.5 Å². The maximum Gasteiger partial charge on any atom is 0.161 e. The highest BCUT2D eigenvalue weighted by atomic mass is 16.5. The van der Waals surface area contributed by atoms with Crippen molar-refractivity contribution in [1.29, 1.82) is 0 Å². The number of hydrogen-bond donors (Lipinski definition) is 2. The third-order valence-electron chi connectivity index (χ3n) is 2.69. The highest BCUT2D eigenvalue weighted by molar-refractivity contribution is 5.39. The molecule has 0 radical (unpaired) electrons. The molecule has 0 bridgehead atoms. The van der Waals surface area contributed by atoms with Crippen LogP contribution in [-0.4, -0.2) is 31.8 Å². The van der Waals surface area contributed by atoms with E-state index in [0.29, 0.717) is 19.8 Å². The van der Waals surface area contributed by atoms with Gasteiger partial charge in [0.05, 0.1) is 13.2 Å². The Morgan fingerprint density at radius 2 is 1.55 bits per heavy atom. The Bertz CT molecular complexity index is 399. The van der Waals surface area contributed by atoms with Gasteiger partial charge in [0, 0.05) is 8.39 Å². The van der Waals surface area contributed by atoms with E-state index in [-0.39, 0.29) is 8.39 Å². The summed E-state index contributed by atoms with van der Waals surface area (Å²) in [6.45, 7) is 15.4. The van der Waals surface area contributed by atoms with Gasteiger partial charge in [0.1, 0.15) is 0 Å². The number of ether oxygens (including phenoxy) is 2. The summed E-state index contributed by atoms with van der Waals surface area (Å²) in [4.78, 5) is 0. The van der Waals surface area contributed by atoms with Gasteiger partial charge in [-0.25, -0.2) is 0 Å². The molecule has 0 spiro atoms. The minimum atomic E-state index is 0. The molecule has 3 N–H and O–H groups in total. The molecule has 1 aromatic carbocycles. The molecular formula is C18H36N2O2. The fourth-order valence-electron chi connectivity index (χ4n) is 1.67. The van der Waals surface area contributed by atoms with Crippen molar-refractivity contribution in [2.45, 2.75) is 39.2 Å². The van der Waals surface area contributed by atoms with Gasteiger partial charge >= 0.3 is 0 Å². The van der Waals surface area contributed by atoms with Crippen LogP contribution < -0.4 is 20.5 Å². The van der Waals surface area contributed by atoms with E-state index in [9.17, 15) is 0 Å². The maximum atomic E-state index is 5.79. The molecule has 0 unspecified atom stereocenters. The first-order chi connectivity index (χ1) is 10.5. The molecule has 0 aromatic heterocycles. The highest BCUT2D eigenvalue weighted by Crippen LogP contribution is 2.26. The van der Waals surface area contributed by atoms with Crippen molar-refractivity contribution in [2.75, 3.05) is 26.3 Å². The van der Waals surface area contributed by atoms with Gasteiger partial charge in [0.25, 0.3) is 0 Å². The smallest absolute Gasteiger partial charge is 0.161 e. The Balaban J connectivity index is -0.00000106. The Morgan fingerprint density at radius 3 is 2.00 bits per heavy atom. The van der Waals surface area contributed by atoms with Crippen LogP contribution in [0.15, 0.2) is 37.4 Å². The molecule has 1 rings (SSSR count). The molecule has 22 heavy (non-hydrogen) atoms. The SMILES string of the molecule is C=C.CC(C)(C)NCCCOc1ccccc1OCCCN.[HH].[HH]. The lowest BCUT2D eigenvalue weighted by Gasteiger charge is -2.20. The lowest BCUT2D eigenvalue weighted by Crippen LogP contribution is -2.36. The number of nitrogens with two attached hydrogens (primary N) is 1. The van der Waals surface area contributed by atoms with Gasteiger partial charge in [0.2, 0.25) is 0 Å². The number of benzene rings is 1. The first kappa shape index (κ1) is 20.5. The largest absolute Gasteiger partial charge is 0.490 e. The van der Waals surface area contributed by atoms with Crippen LogP contribution in [-0.2, 0) is 0 Å². The lowest BCUT2D eigenvalue weighted by atomic mass is 10.1. The predicted octanol–water partition coefficient (Wildman–Crippen LogP) is 3.87. The molecule has 1 aromatic rings. The Labute approximate surface area is 138 Å². The number of nitrogens with one attached hydrogen (secondary N) is 1. The van der Waals surface area contributed by atoms with Gasteiger partial charge in [-0.2, -0.15) is 0 Å². The summed E-state index contributed by atoms with van der Waals surface area (Å²) < 4.78 is 11.5. The average molecular weight is 312 g/mol. The molecular weight excluding hydrogens is 276 g/mol. The van der Waals surface area contributed by atoms with E-state index >= 15 is 0 Å². The Hall–Kier alpha value is -1.52. The zero-order valence-corrected chi connectivity index (χ0v) is 14.4. The van der Waals surface area contributed by atoms with Crippen molar-refractivity contribution in [2.24, 2.45) is 5.73 Å². The molecule has 0 fully saturated rings. The fraction of sp³-hybridized carbons (Fsp3) is 0.556. The standard InChI is InChI=1S/C16H28N2O2.C2H4.2H2/c1-16(2,3)18-11-7-13-20-15-9-5-4-8-14(15)19-12-6-10-17;1-2;;/h4-5,8-9,18H,6-7,10-13,17H2,1-3H3;1-2H2;2*1H.